The van der Waals surface area contributed by atoms with Crippen LogP contribution >= 0.6 is 0 Å². The summed E-state index contributed by atoms with van der Waals surface area (Å²) < 4.78 is 0. The molecule has 20 heavy (non-hydrogen) atoms. The standard InChI is InChI=1S/C17H13NO2/c19-17(20)14-11-18-16(13-9-5-2-6-10-13)15(14)12-7-3-1-4-8-12/h1-11,18H,(H,19,20). The zero-order valence-corrected chi connectivity index (χ0v) is 10.7. The third-order valence-electron chi connectivity index (χ3n) is 3.24. The minimum Gasteiger partial charge on any atom is -0.478 e. The van der Waals surface area contributed by atoms with E-state index in [4.69, 9.17) is 0 Å². The molecule has 2 N–H and O–H groups in total. The first-order valence-electron chi connectivity index (χ1n) is 6.33. The summed E-state index contributed by atoms with van der Waals surface area (Å²) in [5.41, 5.74) is 3.71. The molecule has 3 nitrogen and oxygen atoms in total. The van der Waals surface area contributed by atoms with Gasteiger partial charge in [-0.3, -0.25) is 0 Å². The number of aromatic carboxylic acids is 1. The van der Waals surface area contributed by atoms with E-state index in [9.17, 15) is 9.90 Å². The van der Waals surface area contributed by atoms with Crippen LogP contribution in [0.25, 0.3) is 22.4 Å². The van der Waals surface area contributed by atoms with E-state index in [1.54, 1.807) is 6.20 Å². The first-order chi connectivity index (χ1) is 9.77. The zero-order valence-electron chi connectivity index (χ0n) is 10.7. The van der Waals surface area contributed by atoms with Gasteiger partial charge in [0.05, 0.1) is 11.3 Å². The predicted octanol–water partition coefficient (Wildman–Crippen LogP) is 4.05. The van der Waals surface area contributed by atoms with Crippen molar-refractivity contribution in [2.45, 2.75) is 0 Å². The third-order valence-corrected chi connectivity index (χ3v) is 3.24. The average molecular weight is 263 g/mol. The number of aromatic amines is 1. The van der Waals surface area contributed by atoms with Crippen LogP contribution in [-0.2, 0) is 0 Å². The first-order valence-corrected chi connectivity index (χ1v) is 6.33. The monoisotopic (exact) mass is 263 g/mol. The van der Waals surface area contributed by atoms with Gasteiger partial charge in [0.1, 0.15) is 0 Å². The summed E-state index contributed by atoms with van der Waals surface area (Å²) in [5.74, 6) is -0.928. The molecule has 0 aliphatic heterocycles. The van der Waals surface area contributed by atoms with Crippen LogP contribution in [0.1, 0.15) is 10.4 Å². The van der Waals surface area contributed by atoms with Gasteiger partial charge in [-0.1, -0.05) is 60.7 Å². The normalized spacial score (nSPS) is 10.4. The van der Waals surface area contributed by atoms with Crippen molar-refractivity contribution in [3.8, 4) is 22.4 Å². The van der Waals surface area contributed by atoms with Crippen molar-refractivity contribution < 1.29 is 9.90 Å². The molecule has 1 heterocycles. The summed E-state index contributed by atoms with van der Waals surface area (Å²) in [6.45, 7) is 0. The fourth-order valence-corrected chi connectivity index (χ4v) is 2.33. The van der Waals surface area contributed by atoms with Crippen LogP contribution in [0.5, 0.6) is 0 Å². The summed E-state index contributed by atoms with van der Waals surface area (Å²) in [4.78, 5) is 14.5. The quantitative estimate of drug-likeness (QED) is 0.749. The Hall–Kier alpha value is -2.81. The van der Waals surface area contributed by atoms with Crippen LogP contribution in [0, 0.1) is 0 Å². The van der Waals surface area contributed by atoms with Gasteiger partial charge in [-0.05, 0) is 11.1 Å². The Balaban J connectivity index is 2.25. The second-order valence-electron chi connectivity index (χ2n) is 4.49. The summed E-state index contributed by atoms with van der Waals surface area (Å²) in [6, 6.07) is 19.3. The maximum absolute atomic E-state index is 11.4. The summed E-state index contributed by atoms with van der Waals surface area (Å²) in [6.07, 6.45) is 1.55. The highest BCUT2D eigenvalue weighted by atomic mass is 16.4. The average Bonchev–Trinajstić information content (AvgIpc) is 2.94. The van der Waals surface area contributed by atoms with E-state index < -0.39 is 5.97 Å². The number of aromatic nitrogens is 1. The SMILES string of the molecule is O=C(O)c1c[nH]c(-c2ccccc2)c1-c1ccccc1. The highest BCUT2D eigenvalue weighted by Gasteiger charge is 2.18. The molecule has 2 aromatic carbocycles. The molecule has 3 aromatic rings. The Morgan fingerprint density at radius 1 is 0.850 bits per heavy atom. The number of rotatable bonds is 3. The van der Waals surface area contributed by atoms with E-state index in [-0.39, 0.29) is 5.56 Å². The van der Waals surface area contributed by atoms with Crippen LogP contribution in [0.4, 0.5) is 0 Å². The summed E-state index contributed by atoms with van der Waals surface area (Å²) in [5, 5.41) is 9.37. The van der Waals surface area contributed by atoms with Gasteiger partial charge in [0.25, 0.3) is 0 Å². The molecule has 0 bridgehead atoms. The van der Waals surface area contributed by atoms with Crippen molar-refractivity contribution in [1.82, 2.24) is 4.98 Å². The molecule has 0 saturated carbocycles. The van der Waals surface area contributed by atoms with Crippen molar-refractivity contribution in [1.29, 1.82) is 0 Å². The molecule has 3 heteroatoms. The zero-order chi connectivity index (χ0) is 13.9. The van der Waals surface area contributed by atoms with E-state index in [1.807, 2.05) is 60.7 Å². The van der Waals surface area contributed by atoms with Gasteiger partial charge in [-0.2, -0.15) is 0 Å². The second kappa shape index (κ2) is 5.05. The number of carboxylic acids is 1. The molecule has 0 unspecified atom stereocenters. The van der Waals surface area contributed by atoms with Crippen molar-refractivity contribution in [3.05, 3.63) is 72.4 Å². The minimum absolute atomic E-state index is 0.287. The fraction of sp³-hybridized carbons (Fsp3) is 0. The highest BCUT2D eigenvalue weighted by molar-refractivity contribution is 6.00. The van der Waals surface area contributed by atoms with Gasteiger partial charge in [-0.15, -0.1) is 0 Å². The van der Waals surface area contributed by atoms with Gasteiger partial charge >= 0.3 is 5.97 Å². The van der Waals surface area contributed by atoms with Gasteiger partial charge in [0.15, 0.2) is 0 Å². The number of carboxylic acid groups (broad SMARTS) is 1. The lowest BCUT2D eigenvalue weighted by Gasteiger charge is -2.06. The Bertz CT molecular complexity index is 730. The number of nitrogens with one attached hydrogen (secondary N) is 1. The Labute approximate surface area is 116 Å². The van der Waals surface area contributed by atoms with Gasteiger partial charge < -0.3 is 10.1 Å². The van der Waals surface area contributed by atoms with Gasteiger partial charge in [0, 0.05) is 11.8 Å². The molecule has 0 radical (unpaired) electrons. The van der Waals surface area contributed by atoms with Gasteiger partial charge in [0.2, 0.25) is 0 Å². The van der Waals surface area contributed by atoms with Crippen molar-refractivity contribution >= 4 is 5.97 Å². The lowest BCUT2D eigenvalue weighted by molar-refractivity contribution is 0.0698. The van der Waals surface area contributed by atoms with E-state index in [0.717, 1.165) is 22.4 Å². The number of hydrogen-bond acceptors (Lipinski definition) is 1. The summed E-state index contributed by atoms with van der Waals surface area (Å²) in [7, 11) is 0. The van der Waals surface area contributed by atoms with Crippen LogP contribution in [0.15, 0.2) is 66.9 Å². The number of benzene rings is 2. The van der Waals surface area contributed by atoms with Crippen molar-refractivity contribution in [2.75, 3.05) is 0 Å². The second-order valence-corrected chi connectivity index (χ2v) is 4.49. The van der Waals surface area contributed by atoms with Crippen molar-refractivity contribution in [2.24, 2.45) is 0 Å². The molecule has 0 aliphatic rings. The Morgan fingerprint density at radius 2 is 1.40 bits per heavy atom. The van der Waals surface area contributed by atoms with E-state index in [0.29, 0.717) is 0 Å². The lowest BCUT2D eigenvalue weighted by Crippen LogP contribution is -1.96. The van der Waals surface area contributed by atoms with Crippen molar-refractivity contribution in [3.63, 3.8) is 0 Å². The van der Waals surface area contributed by atoms with Crippen LogP contribution in [0.3, 0.4) is 0 Å². The molecule has 0 spiro atoms. The van der Waals surface area contributed by atoms with Gasteiger partial charge in [-0.25, -0.2) is 4.79 Å². The molecule has 0 atom stereocenters. The van der Waals surface area contributed by atoms with E-state index in [2.05, 4.69) is 4.98 Å². The number of carbonyl (C=O) groups is 1. The van der Waals surface area contributed by atoms with Crippen LogP contribution < -0.4 is 0 Å². The number of H-pyrrole nitrogens is 1. The fourth-order valence-electron chi connectivity index (χ4n) is 2.33. The Morgan fingerprint density at radius 3 is 1.95 bits per heavy atom. The molecule has 0 fully saturated rings. The lowest BCUT2D eigenvalue weighted by atomic mass is 9.98. The molecule has 1 aromatic heterocycles. The molecule has 0 amide bonds. The van der Waals surface area contributed by atoms with E-state index in [1.165, 1.54) is 0 Å². The van der Waals surface area contributed by atoms with Crippen LogP contribution in [-0.4, -0.2) is 16.1 Å². The Kier molecular flexibility index (Phi) is 3.09. The maximum Gasteiger partial charge on any atom is 0.337 e. The molecule has 3 rings (SSSR count). The number of hydrogen-bond donors (Lipinski definition) is 2. The molecule has 0 aliphatic carbocycles. The largest absolute Gasteiger partial charge is 0.478 e. The van der Waals surface area contributed by atoms with Crippen LogP contribution in [0.2, 0.25) is 0 Å². The molecule has 98 valence electrons. The smallest absolute Gasteiger partial charge is 0.337 e. The molecular weight excluding hydrogens is 250 g/mol. The molecule has 0 saturated heterocycles. The third kappa shape index (κ3) is 2.10. The first kappa shape index (κ1) is 12.2. The van der Waals surface area contributed by atoms with E-state index >= 15 is 0 Å². The summed E-state index contributed by atoms with van der Waals surface area (Å²) >= 11 is 0. The molecular formula is C17H13NO2. The predicted molar refractivity (Wildman–Crippen MR) is 78.6 cm³/mol. The topological polar surface area (TPSA) is 53.1 Å². The minimum atomic E-state index is -0.928. The maximum atomic E-state index is 11.4. The highest BCUT2D eigenvalue weighted by Crippen LogP contribution is 2.34.